The third-order valence-electron chi connectivity index (χ3n) is 3.38. The van der Waals surface area contributed by atoms with Gasteiger partial charge in [-0.3, -0.25) is 0 Å². The molecule has 0 spiro atoms. The van der Waals surface area contributed by atoms with Crippen molar-refractivity contribution in [2.45, 2.75) is 34.1 Å². The molecule has 0 aliphatic rings. The SMILES string of the molecule is CCN(CC)CCCNc1ccc(C)c(C)c1. The van der Waals surface area contributed by atoms with E-state index in [-0.39, 0.29) is 0 Å². The van der Waals surface area contributed by atoms with Gasteiger partial charge in [0, 0.05) is 12.2 Å². The predicted molar refractivity (Wildman–Crippen MR) is 76.8 cm³/mol. The van der Waals surface area contributed by atoms with Crippen molar-refractivity contribution in [3.05, 3.63) is 29.3 Å². The van der Waals surface area contributed by atoms with Crippen LogP contribution in [-0.4, -0.2) is 31.1 Å². The monoisotopic (exact) mass is 234 g/mol. The Balaban J connectivity index is 2.28. The van der Waals surface area contributed by atoms with Gasteiger partial charge in [0.25, 0.3) is 0 Å². The van der Waals surface area contributed by atoms with Crippen LogP contribution in [0.5, 0.6) is 0 Å². The third kappa shape index (κ3) is 4.78. The van der Waals surface area contributed by atoms with Crippen molar-refractivity contribution >= 4 is 5.69 Å². The largest absolute Gasteiger partial charge is 0.385 e. The van der Waals surface area contributed by atoms with E-state index in [2.05, 4.69) is 56.1 Å². The molecule has 96 valence electrons. The molecule has 0 radical (unpaired) electrons. The number of hydrogen-bond donors (Lipinski definition) is 1. The van der Waals surface area contributed by atoms with E-state index in [4.69, 9.17) is 0 Å². The Morgan fingerprint density at radius 3 is 2.35 bits per heavy atom. The molecule has 0 unspecified atom stereocenters. The minimum atomic E-state index is 1.05. The molecule has 0 aromatic heterocycles. The van der Waals surface area contributed by atoms with Crippen molar-refractivity contribution in [2.24, 2.45) is 0 Å². The molecule has 0 saturated heterocycles. The summed E-state index contributed by atoms with van der Waals surface area (Å²) in [5.74, 6) is 0. The van der Waals surface area contributed by atoms with Crippen molar-refractivity contribution in [3.8, 4) is 0 Å². The molecule has 2 heteroatoms. The summed E-state index contributed by atoms with van der Waals surface area (Å²) in [6.07, 6.45) is 1.20. The van der Waals surface area contributed by atoms with Gasteiger partial charge < -0.3 is 10.2 Å². The van der Waals surface area contributed by atoms with E-state index in [9.17, 15) is 0 Å². The number of anilines is 1. The van der Waals surface area contributed by atoms with Gasteiger partial charge in [0.2, 0.25) is 0 Å². The molecule has 0 aliphatic heterocycles. The highest BCUT2D eigenvalue weighted by atomic mass is 15.1. The van der Waals surface area contributed by atoms with E-state index < -0.39 is 0 Å². The molecule has 0 amide bonds. The summed E-state index contributed by atoms with van der Waals surface area (Å²) in [6.45, 7) is 13.3. The lowest BCUT2D eigenvalue weighted by atomic mass is 10.1. The van der Waals surface area contributed by atoms with Crippen LogP contribution in [-0.2, 0) is 0 Å². The molecule has 0 fully saturated rings. The smallest absolute Gasteiger partial charge is 0.0343 e. The topological polar surface area (TPSA) is 15.3 Å². The van der Waals surface area contributed by atoms with Crippen LogP contribution in [0.25, 0.3) is 0 Å². The van der Waals surface area contributed by atoms with Crippen LogP contribution in [0.1, 0.15) is 31.4 Å². The summed E-state index contributed by atoms with van der Waals surface area (Å²) in [6, 6.07) is 6.58. The summed E-state index contributed by atoms with van der Waals surface area (Å²) >= 11 is 0. The molecule has 1 N–H and O–H groups in total. The fourth-order valence-corrected chi connectivity index (χ4v) is 1.93. The van der Waals surface area contributed by atoms with E-state index >= 15 is 0 Å². The normalized spacial score (nSPS) is 10.9. The van der Waals surface area contributed by atoms with Gasteiger partial charge in [-0.05, 0) is 63.2 Å². The second kappa shape index (κ2) is 7.33. The average molecular weight is 234 g/mol. The Morgan fingerprint density at radius 2 is 1.76 bits per heavy atom. The molecule has 2 nitrogen and oxygen atoms in total. The molecule has 0 bridgehead atoms. The number of nitrogens with one attached hydrogen (secondary N) is 1. The van der Waals surface area contributed by atoms with E-state index in [0.717, 1.165) is 19.6 Å². The highest BCUT2D eigenvalue weighted by molar-refractivity contribution is 5.47. The quantitative estimate of drug-likeness (QED) is 0.727. The number of nitrogens with zero attached hydrogens (tertiary/aromatic N) is 1. The minimum Gasteiger partial charge on any atom is -0.385 e. The minimum absolute atomic E-state index is 1.05. The van der Waals surface area contributed by atoms with Gasteiger partial charge in [0.1, 0.15) is 0 Å². The van der Waals surface area contributed by atoms with Gasteiger partial charge in [-0.15, -0.1) is 0 Å². The van der Waals surface area contributed by atoms with Crippen molar-refractivity contribution in [3.63, 3.8) is 0 Å². The molecular formula is C15H26N2. The number of rotatable bonds is 7. The van der Waals surface area contributed by atoms with Gasteiger partial charge in [0.05, 0.1) is 0 Å². The highest BCUT2D eigenvalue weighted by Crippen LogP contribution is 2.13. The molecule has 1 rings (SSSR count). The maximum atomic E-state index is 3.49. The van der Waals surface area contributed by atoms with Gasteiger partial charge in [-0.1, -0.05) is 19.9 Å². The van der Waals surface area contributed by atoms with E-state index in [1.807, 2.05) is 0 Å². The molecule has 1 aromatic rings. The average Bonchev–Trinajstić information content (AvgIpc) is 2.34. The second-order valence-electron chi connectivity index (χ2n) is 4.61. The van der Waals surface area contributed by atoms with Crippen LogP contribution >= 0.6 is 0 Å². The van der Waals surface area contributed by atoms with Gasteiger partial charge >= 0.3 is 0 Å². The summed E-state index contributed by atoms with van der Waals surface area (Å²) in [5, 5.41) is 3.49. The lowest BCUT2D eigenvalue weighted by Gasteiger charge is -2.18. The highest BCUT2D eigenvalue weighted by Gasteiger charge is 1.99. The van der Waals surface area contributed by atoms with Crippen LogP contribution in [0.3, 0.4) is 0 Å². The zero-order chi connectivity index (χ0) is 12.7. The summed E-state index contributed by atoms with van der Waals surface area (Å²) in [4.78, 5) is 2.46. The summed E-state index contributed by atoms with van der Waals surface area (Å²) < 4.78 is 0. The number of aryl methyl sites for hydroxylation is 2. The van der Waals surface area contributed by atoms with Crippen molar-refractivity contribution in [1.29, 1.82) is 0 Å². The van der Waals surface area contributed by atoms with Crippen LogP contribution in [0.4, 0.5) is 5.69 Å². The van der Waals surface area contributed by atoms with E-state index in [1.54, 1.807) is 0 Å². The van der Waals surface area contributed by atoms with Crippen molar-refractivity contribution in [1.82, 2.24) is 4.90 Å². The first-order valence-corrected chi connectivity index (χ1v) is 6.70. The first-order valence-electron chi connectivity index (χ1n) is 6.70. The van der Waals surface area contributed by atoms with Gasteiger partial charge in [-0.25, -0.2) is 0 Å². The fourth-order valence-electron chi connectivity index (χ4n) is 1.93. The first kappa shape index (κ1) is 14.0. The van der Waals surface area contributed by atoms with Crippen LogP contribution < -0.4 is 5.32 Å². The molecule has 0 atom stereocenters. The first-order chi connectivity index (χ1) is 8.17. The van der Waals surface area contributed by atoms with Crippen LogP contribution in [0, 0.1) is 13.8 Å². The Labute approximate surface area is 106 Å². The lowest BCUT2D eigenvalue weighted by Crippen LogP contribution is -2.25. The lowest BCUT2D eigenvalue weighted by molar-refractivity contribution is 0.303. The Morgan fingerprint density at radius 1 is 1.06 bits per heavy atom. The van der Waals surface area contributed by atoms with Crippen LogP contribution in [0.15, 0.2) is 18.2 Å². The molecule has 0 aliphatic carbocycles. The maximum absolute atomic E-state index is 3.49. The fraction of sp³-hybridized carbons (Fsp3) is 0.600. The van der Waals surface area contributed by atoms with Crippen molar-refractivity contribution < 1.29 is 0 Å². The third-order valence-corrected chi connectivity index (χ3v) is 3.38. The van der Waals surface area contributed by atoms with Gasteiger partial charge in [-0.2, -0.15) is 0 Å². The maximum Gasteiger partial charge on any atom is 0.0343 e. The van der Waals surface area contributed by atoms with Gasteiger partial charge in [0.15, 0.2) is 0 Å². The van der Waals surface area contributed by atoms with Crippen LogP contribution in [0.2, 0.25) is 0 Å². The second-order valence-corrected chi connectivity index (χ2v) is 4.61. The van der Waals surface area contributed by atoms with E-state index in [0.29, 0.717) is 0 Å². The standard InChI is InChI=1S/C15H26N2/c1-5-17(6-2)11-7-10-16-15-9-8-13(3)14(4)12-15/h8-9,12,16H,5-7,10-11H2,1-4H3. The predicted octanol–water partition coefficient (Wildman–Crippen LogP) is 3.45. The molecule has 0 saturated carbocycles. The number of benzene rings is 1. The Hall–Kier alpha value is -1.02. The van der Waals surface area contributed by atoms with Crippen molar-refractivity contribution in [2.75, 3.05) is 31.5 Å². The zero-order valence-corrected chi connectivity index (χ0v) is 11.7. The molecule has 17 heavy (non-hydrogen) atoms. The summed E-state index contributed by atoms with van der Waals surface area (Å²) in [7, 11) is 0. The Bertz CT molecular complexity index is 330. The summed E-state index contributed by atoms with van der Waals surface area (Å²) in [5.41, 5.74) is 3.96. The Kier molecular flexibility index (Phi) is 6.06. The molecular weight excluding hydrogens is 208 g/mol. The zero-order valence-electron chi connectivity index (χ0n) is 11.7. The molecule has 0 heterocycles. The van der Waals surface area contributed by atoms with E-state index in [1.165, 1.54) is 29.8 Å². The number of hydrogen-bond acceptors (Lipinski definition) is 2. The molecule has 1 aromatic carbocycles.